The lowest BCUT2D eigenvalue weighted by molar-refractivity contribution is -0.137. The number of likely N-dealkylation sites (tertiary alicyclic amines) is 1. The highest BCUT2D eigenvalue weighted by atomic mass is 35.5. The Hall–Kier alpha value is -2.08. The van der Waals surface area contributed by atoms with Gasteiger partial charge in [0.2, 0.25) is 11.8 Å². The molecule has 6 nitrogen and oxygen atoms in total. The molecule has 2 atom stereocenters. The fourth-order valence-corrected chi connectivity index (χ4v) is 3.41. The highest BCUT2D eigenvalue weighted by Crippen LogP contribution is 2.22. The van der Waals surface area contributed by atoms with Crippen molar-refractivity contribution in [1.82, 2.24) is 15.5 Å². The summed E-state index contributed by atoms with van der Waals surface area (Å²) in [5.74, 6) is -0.677. The quantitative estimate of drug-likeness (QED) is 0.823. The first-order chi connectivity index (χ1) is 12.5. The van der Waals surface area contributed by atoms with Crippen LogP contribution in [-0.2, 0) is 9.59 Å². The van der Waals surface area contributed by atoms with E-state index in [0.717, 1.165) is 25.7 Å². The molecule has 1 saturated heterocycles. The SMILES string of the molecule is CC(NC(=O)c1ccccc1Cl)C(=O)N1CCCC(C(=O)NC2CC2)C1. The van der Waals surface area contributed by atoms with Gasteiger partial charge in [-0.2, -0.15) is 0 Å². The first-order valence-corrected chi connectivity index (χ1v) is 9.48. The van der Waals surface area contributed by atoms with E-state index in [1.165, 1.54) is 0 Å². The molecule has 3 amide bonds. The molecule has 1 aromatic rings. The van der Waals surface area contributed by atoms with E-state index in [1.807, 2.05) is 0 Å². The third-order valence-electron chi connectivity index (χ3n) is 4.86. The molecule has 2 N–H and O–H groups in total. The smallest absolute Gasteiger partial charge is 0.253 e. The van der Waals surface area contributed by atoms with Crippen LogP contribution in [0.25, 0.3) is 0 Å². The van der Waals surface area contributed by atoms with Crippen molar-refractivity contribution >= 4 is 29.3 Å². The Balaban J connectivity index is 1.56. The molecule has 1 saturated carbocycles. The zero-order valence-electron chi connectivity index (χ0n) is 14.8. The van der Waals surface area contributed by atoms with Crippen molar-refractivity contribution in [3.05, 3.63) is 34.9 Å². The van der Waals surface area contributed by atoms with Crippen molar-refractivity contribution in [3.8, 4) is 0 Å². The summed E-state index contributed by atoms with van der Waals surface area (Å²) < 4.78 is 0. The van der Waals surface area contributed by atoms with E-state index in [1.54, 1.807) is 36.1 Å². The lowest BCUT2D eigenvalue weighted by Gasteiger charge is -2.33. The van der Waals surface area contributed by atoms with Gasteiger partial charge in [-0.3, -0.25) is 14.4 Å². The van der Waals surface area contributed by atoms with Crippen LogP contribution in [0.1, 0.15) is 43.0 Å². The van der Waals surface area contributed by atoms with E-state index >= 15 is 0 Å². The number of rotatable bonds is 5. The van der Waals surface area contributed by atoms with Crippen LogP contribution in [-0.4, -0.2) is 47.8 Å². The predicted molar refractivity (Wildman–Crippen MR) is 98.8 cm³/mol. The van der Waals surface area contributed by atoms with Gasteiger partial charge in [-0.25, -0.2) is 0 Å². The van der Waals surface area contributed by atoms with Crippen LogP contribution in [0.15, 0.2) is 24.3 Å². The molecule has 3 rings (SSSR count). The first kappa shape index (κ1) is 18.7. The third-order valence-corrected chi connectivity index (χ3v) is 5.19. The molecule has 0 bridgehead atoms. The third kappa shape index (κ3) is 4.55. The van der Waals surface area contributed by atoms with E-state index < -0.39 is 6.04 Å². The largest absolute Gasteiger partial charge is 0.353 e. The lowest BCUT2D eigenvalue weighted by Crippen LogP contribution is -2.52. The van der Waals surface area contributed by atoms with E-state index in [4.69, 9.17) is 11.6 Å². The maximum Gasteiger partial charge on any atom is 0.253 e. The zero-order valence-corrected chi connectivity index (χ0v) is 15.6. The summed E-state index contributed by atoms with van der Waals surface area (Å²) in [4.78, 5) is 39.0. The van der Waals surface area contributed by atoms with Crippen LogP contribution in [0.3, 0.4) is 0 Å². The number of piperidine rings is 1. The van der Waals surface area contributed by atoms with Crippen LogP contribution in [0, 0.1) is 5.92 Å². The number of hydrogen-bond donors (Lipinski definition) is 2. The lowest BCUT2D eigenvalue weighted by atomic mass is 9.96. The van der Waals surface area contributed by atoms with Crippen molar-refractivity contribution in [3.63, 3.8) is 0 Å². The van der Waals surface area contributed by atoms with Crippen LogP contribution in [0.5, 0.6) is 0 Å². The summed E-state index contributed by atoms with van der Waals surface area (Å²) in [5.41, 5.74) is 0.342. The van der Waals surface area contributed by atoms with Gasteiger partial charge in [0.1, 0.15) is 6.04 Å². The number of benzene rings is 1. The van der Waals surface area contributed by atoms with Gasteiger partial charge in [0.25, 0.3) is 5.91 Å². The number of carbonyl (C=O) groups is 3. The molecule has 1 aromatic carbocycles. The molecule has 2 unspecified atom stereocenters. The summed E-state index contributed by atoms with van der Waals surface area (Å²) in [6, 6.07) is 6.37. The number of halogens is 1. The molecule has 2 fully saturated rings. The van der Waals surface area contributed by atoms with Crippen molar-refractivity contribution < 1.29 is 14.4 Å². The molecule has 1 heterocycles. The van der Waals surface area contributed by atoms with E-state index in [0.29, 0.717) is 29.7 Å². The normalized spacial score (nSPS) is 21.0. The topological polar surface area (TPSA) is 78.5 Å². The van der Waals surface area contributed by atoms with Crippen LogP contribution >= 0.6 is 11.6 Å². The van der Waals surface area contributed by atoms with E-state index in [-0.39, 0.29) is 23.6 Å². The highest BCUT2D eigenvalue weighted by Gasteiger charge is 2.33. The molecule has 26 heavy (non-hydrogen) atoms. The van der Waals surface area contributed by atoms with Gasteiger partial charge in [0, 0.05) is 19.1 Å². The minimum absolute atomic E-state index is 0.0396. The summed E-state index contributed by atoms with van der Waals surface area (Å²) in [7, 11) is 0. The van der Waals surface area contributed by atoms with Crippen LogP contribution < -0.4 is 10.6 Å². The Morgan fingerprint density at radius 1 is 1.19 bits per heavy atom. The summed E-state index contributed by atoms with van der Waals surface area (Å²) in [5, 5.41) is 6.06. The molecule has 1 aliphatic carbocycles. The second kappa shape index (κ2) is 8.08. The molecular formula is C19H24ClN3O3. The molecule has 0 radical (unpaired) electrons. The Morgan fingerprint density at radius 2 is 1.92 bits per heavy atom. The minimum Gasteiger partial charge on any atom is -0.353 e. The van der Waals surface area contributed by atoms with Gasteiger partial charge in [0.05, 0.1) is 16.5 Å². The van der Waals surface area contributed by atoms with Gasteiger partial charge >= 0.3 is 0 Å². The fourth-order valence-electron chi connectivity index (χ4n) is 3.19. The maximum absolute atomic E-state index is 12.7. The Bertz CT molecular complexity index is 705. The Morgan fingerprint density at radius 3 is 2.62 bits per heavy atom. The van der Waals surface area contributed by atoms with Crippen molar-refractivity contribution in [2.45, 2.75) is 44.7 Å². The van der Waals surface area contributed by atoms with Crippen LogP contribution in [0.4, 0.5) is 0 Å². The first-order valence-electron chi connectivity index (χ1n) is 9.10. The van der Waals surface area contributed by atoms with E-state index in [2.05, 4.69) is 10.6 Å². The number of amides is 3. The van der Waals surface area contributed by atoms with Crippen molar-refractivity contribution in [2.75, 3.05) is 13.1 Å². The van der Waals surface area contributed by atoms with Crippen molar-refractivity contribution in [2.24, 2.45) is 5.92 Å². The fraction of sp³-hybridized carbons (Fsp3) is 0.526. The summed E-state index contributed by atoms with van der Waals surface area (Å²) >= 11 is 6.03. The Kier molecular flexibility index (Phi) is 5.81. The molecule has 7 heteroatoms. The van der Waals surface area contributed by atoms with Gasteiger partial charge in [-0.05, 0) is 44.7 Å². The number of nitrogens with one attached hydrogen (secondary N) is 2. The summed E-state index contributed by atoms with van der Waals surface area (Å²) in [6.07, 6.45) is 3.68. The van der Waals surface area contributed by atoms with Gasteiger partial charge < -0.3 is 15.5 Å². The predicted octanol–water partition coefficient (Wildman–Crippen LogP) is 1.98. The second-order valence-corrected chi connectivity index (χ2v) is 7.49. The second-order valence-electron chi connectivity index (χ2n) is 7.08. The van der Waals surface area contributed by atoms with Gasteiger partial charge in [0.15, 0.2) is 0 Å². The maximum atomic E-state index is 12.7. The molecular weight excluding hydrogens is 354 g/mol. The molecule has 2 aliphatic rings. The molecule has 0 aromatic heterocycles. The molecule has 1 aliphatic heterocycles. The highest BCUT2D eigenvalue weighted by molar-refractivity contribution is 6.33. The van der Waals surface area contributed by atoms with Crippen molar-refractivity contribution in [1.29, 1.82) is 0 Å². The number of hydrogen-bond acceptors (Lipinski definition) is 3. The minimum atomic E-state index is -0.677. The average Bonchev–Trinajstić information content (AvgIpc) is 3.45. The van der Waals surface area contributed by atoms with E-state index in [9.17, 15) is 14.4 Å². The van der Waals surface area contributed by atoms with Crippen LogP contribution in [0.2, 0.25) is 5.02 Å². The molecule has 140 valence electrons. The molecule has 0 spiro atoms. The average molecular weight is 378 g/mol. The van der Waals surface area contributed by atoms with Gasteiger partial charge in [-0.1, -0.05) is 23.7 Å². The number of nitrogens with zero attached hydrogens (tertiary/aromatic N) is 1. The summed E-state index contributed by atoms with van der Waals surface area (Å²) in [6.45, 7) is 2.67. The Labute approximate surface area is 158 Å². The van der Waals surface area contributed by atoms with Gasteiger partial charge in [-0.15, -0.1) is 0 Å². The monoisotopic (exact) mass is 377 g/mol. The number of carbonyl (C=O) groups excluding carboxylic acids is 3. The zero-order chi connectivity index (χ0) is 18.7. The standard InChI is InChI=1S/C19H24ClN3O3/c1-12(21-18(25)15-6-2-3-7-16(15)20)19(26)23-10-4-5-13(11-23)17(24)22-14-8-9-14/h2-3,6-7,12-14H,4-5,8-11H2,1H3,(H,21,25)(H,22,24).